The fraction of sp³-hybridized carbons (Fsp3) is 0.308. The van der Waals surface area contributed by atoms with Gasteiger partial charge in [0.25, 0.3) is 0 Å². The second kappa shape index (κ2) is 4.66. The van der Waals surface area contributed by atoms with E-state index in [1.165, 1.54) is 11.8 Å². The molecule has 3 heteroatoms. The van der Waals surface area contributed by atoms with Crippen molar-refractivity contribution in [1.82, 2.24) is 0 Å². The van der Waals surface area contributed by atoms with Crippen LogP contribution in [0, 0.1) is 0 Å². The molecule has 0 N–H and O–H groups in total. The molecule has 0 amide bonds. The Bertz CT molecular complexity index is 417. The topological polar surface area (TPSA) is 26.3 Å². The van der Waals surface area contributed by atoms with E-state index in [-0.39, 0.29) is 11.4 Å². The molecular weight excluding hydrogens is 220 g/mol. The first-order valence-electron chi connectivity index (χ1n) is 5.25. The molecule has 0 saturated carbocycles. The van der Waals surface area contributed by atoms with E-state index in [4.69, 9.17) is 4.74 Å². The number of carbonyl (C=O) groups is 1. The van der Waals surface area contributed by atoms with Crippen LogP contribution in [-0.2, 0) is 14.9 Å². The summed E-state index contributed by atoms with van der Waals surface area (Å²) in [6.45, 7) is 1.87. The molecule has 0 saturated heterocycles. The van der Waals surface area contributed by atoms with Crippen molar-refractivity contribution in [2.75, 3.05) is 6.61 Å². The van der Waals surface area contributed by atoms with E-state index in [0.717, 1.165) is 6.42 Å². The Morgan fingerprint density at radius 1 is 1.56 bits per heavy atom. The minimum Gasteiger partial charge on any atom is -0.465 e. The van der Waals surface area contributed by atoms with Crippen LogP contribution in [0.2, 0.25) is 0 Å². The lowest BCUT2D eigenvalue weighted by atomic mass is 9.81. The minimum atomic E-state index is -0.223. The summed E-state index contributed by atoms with van der Waals surface area (Å²) < 4.78 is 5.19. The van der Waals surface area contributed by atoms with E-state index in [9.17, 15) is 4.79 Å². The maximum absolute atomic E-state index is 10.9. The van der Waals surface area contributed by atoms with Gasteiger partial charge in [-0.2, -0.15) is 0 Å². The molecule has 84 valence electrons. The van der Waals surface area contributed by atoms with E-state index in [0.29, 0.717) is 6.61 Å². The molecular formula is C13H14O2S. The van der Waals surface area contributed by atoms with Crippen molar-refractivity contribution in [2.24, 2.45) is 0 Å². The van der Waals surface area contributed by atoms with Gasteiger partial charge in [0.1, 0.15) is 6.61 Å². The molecule has 1 aromatic rings. The molecule has 2 rings (SSSR count). The van der Waals surface area contributed by atoms with Crippen LogP contribution >= 0.6 is 11.3 Å². The maximum Gasteiger partial charge on any atom is 0.302 e. The van der Waals surface area contributed by atoms with Crippen LogP contribution in [0.4, 0.5) is 0 Å². The van der Waals surface area contributed by atoms with Gasteiger partial charge in [0.05, 0.1) is 5.41 Å². The Morgan fingerprint density at radius 2 is 2.44 bits per heavy atom. The first-order valence-corrected chi connectivity index (χ1v) is 6.13. The summed E-state index contributed by atoms with van der Waals surface area (Å²) in [4.78, 5) is 12.2. The van der Waals surface area contributed by atoms with Crippen molar-refractivity contribution in [3.63, 3.8) is 0 Å². The van der Waals surface area contributed by atoms with E-state index >= 15 is 0 Å². The zero-order valence-corrected chi connectivity index (χ0v) is 10.00. The Balaban J connectivity index is 2.23. The molecule has 1 atom stereocenters. The molecule has 1 unspecified atom stereocenters. The third-order valence-corrected chi connectivity index (χ3v) is 3.78. The Hall–Kier alpha value is -1.35. The summed E-state index contributed by atoms with van der Waals surface area (Å²) in [5.41, 5.74) is -0.158. The average molecular weight is 234 g/mol. The summed E-state index contributed by atoms with van der Waals surface area (Å²) in [5.74, 6) is -0.223. The third kappa shape index (κ3) is 2.25. The van der Waals surface area contributed by atoms with Gasteiger partial charge in [0.2, 0.25) is 0 Å². The first kappa shape index (κ1) is 11.1. The van der Waals surface area contributed by atoms with E-state index < -0.39 is 0 Å². The molecule has 1 aromatic heterocycles. The van der Waals surface area contributed by atoms with Crippen molar-refractivity contribution in [3.8, 4) is 0 Å². The van der Waals surface area contributed by atoms with Crippen LogP contribution < -0.4 is 0 Å². The van der Waals surface area contributed by atoms with Gasteiger partial charge in [0, 0.05) is 11.8 Å². The number of rotatable bonds is 3. The van der Waals surface area contributed by atoms with Gasteiger partial charge in [-0.15, -0.1) is 11.3 Å². The van der Waals surface area contributed by atoms with Gasteiger partial charge in [-0.25, -0.2) is 0 Å². The predicted molar refractivity (Wildman–Crippen MR) is 65.5 cm³/mol. The van der Waals surface area contributed by atoms with Crippen LogP contribution in [-0.4, -0.2) is 12.6 Å². The highest BCUT2D eigenvalue weighted by molar-refractivity contribution is 7.10. The quantitative estimate of drug-likeness (QED) is 0.751. The lowest BCUT2D eigenvalue weighted by Gasteiger charge is -2.29. The zero-order chi connectivity index (χ0) is 11.4. The molecule has 0 bridgehead atoms. The zero-order valence-electron chi connectivity index (χ0n) is 9.18. The fourth-order valence-corrected chi connectivity index (χ4v) is 2.72. The molecule has 0 aliphatic heterocycles. The summed E-state index contributed by atoms with van der Waals surface area (Å²) in [6, 6.07) is 4.12. The SMILES string of the molecule is CC(=O)OCC1(c2cccs2)C=CC=CC1. The van der Waals surface area contributed by atoms with Crippen LogP contribution in [0.25, 0.3) is 0 Å². The summed E-state index contributed by atoms with van der Waals surface area (Å²) in [5, 5.41) is 2.05. The Labute approximate surface area is 99.2 Å². The second-order valence-electron chi connectivity index (χ2n) is 3.91. The lowest BCUT2D eigenvalue weighted by molar-refractivity contribution is -0.142. The fourth-order valence-electron chi connectivity index (χ4n) is 1.82. The minimum absolute atomic E-state index is 0.158. The molecule has 0 radical (unpaired) electrons. The van der Waals surface area contributed by atoms with Crippen molar-refractivity contribution in [3.05, 3.63) is 46.7 Å². The molecule has 0 spiro atoms. The number of ether oxygens (including phenoxy) is 1. The van der Waals surface area contributed by atoms with Gasteiger partial charge in [-0.3, -0.25) is 4.79 Å². The highest BCUT2D eigenvalue weighted by Crippen LogP contribution is 2.35. The highest BCUT2D eigenvalue weighted by atomic mass is 32.1. The monoisotopic (exact) mass is 234 g/mol. The number of esters is 1. The van der Waals surface area contributed by atoms with Crippen LogP contribution in [0.5, 0.6) is 0 Å². The Morgan fingerprint density at radius 3 is 3.00 bits per heavy atom. The smallest absolute Gasteiger partial charge is 0.302 e. The molecule has 1 heterocycles. The molecule has 1 aliphatic rings. The summed E-state index contributed by atoms with van der Waals surface area (Å²) in [6.07, 6.45) is 9.18. The van der Waals surface area contributed by atoms with Crippen LogP contribution in [0.3, 0.4) is 0 Å². The van der Waals surface area contributed by atoms with E-state index in [1.54, 1.807) is 11.3 Å². The number of carbonyl (C=O) groups excluding carboxylic acids is 1. The summed E-state index contributed by atoms with van der Waals surface area (Å²) in [7, 11) is 0. The molecule has 0 fully saturated rings. The summed E-state index contributed by atoms with van der Waals surface area (Å²) >= 11 is 1.70. The Kier molecular flexibility index (Phi) is 3.25. The van der Waals surface area contributed by atoms with Crippen molar-refractivity contribution < 1.29 is 9.53 Å². The number of hydrogen-bond acceptors (Lipinski definition) is 3. The second-order valence-corrected chi connectivity index (χ2v) is 4.85. The normalized spacial score (nSPS) is 23.3. The van der Waals surface area contributed by atoms with Crippen molar-refractivity contribution in [1.29, 1.82) is 0 Å². The highest BCUT2D eigenvalue weighted by Gasteiger charge is 2.31. The number of hydrogen-bond donors (Lipinski definition) is 0. The van der Waals surface area contributed by atoms with Gasteiger partial charge in [0.15, 0.2) is 0 Å². The van der Waals surface area contributed by atoms with E-state index in [1.807, 2.05) is 18.2 Å². The van der Waals surface area contributed by atoms with Gasteiger partial charge >= 0.3 is 5.97 Å². The van der Waals surface area contributed by atoms with Crippen LogP contribution in [0.15, 0.2) is 41.8 Å². The molecule has 0 aromatic carbocycles. The van der Waals surface area contributed by atoms with Crippen LogP contribution in [0.1, 0.15) is 18.2 Å². The van der Waals surface area contributed by atoms with Gasteiger partial charge in [-0.05, 0) is 17.9 Å². The van der Waals surface area contributed by atoms with Crippen molar-refractivity contribution >= 4 is 17.3 Å². The maximum atomic E-state index is 10.9. The number of allylic oxidation sites excluding steroid dienone is 3. The largest absolute Gasteiger partial charge is 0.465 e. The number of thiophene rings is 1. The molecule has 2 nitrogen and oxygen atoms in total. The standard InChI is InChI=1S/C13H14O2S/c1-11(14)15-10-13(7-3-2-4-8-13)12-6-5-9-16-12/h2-7,9H,8,10H2,1H3. The van der Waals surface area contributed by atoms with E-state index in [2.05, 4.69) is 23.6 Å². The average Bonchev–Trinajstić information content (AvgIpc) is 2.82. The first-order chi connectivity index (χ1) is 7.73. The third-order valence-electron chi connectivity index (χ3n) is 2.69. The van der Waals surface area contributed by atoms with Crippen molar-refractivity contribution in [2.45, 2.75) is 18.8 Å². The molecule has 16 heavy (non-hydrogen) atoms. The van der Waals surface area contributed by atoms with Gasteiger partial charge < -0.3 is 4.74 Å². The predicted octanol–water partition coefficient (Wildman–Crippen LogP) is 3.07. The molecule has 1 aliphatic carbocycles. The van der Waals surface area contributed by atoms with Gasteiger partial charge in [-0.1, -0.05) is 30.4 Å². The lowest BCUT2D eigenvalue weighted by Crippen LogP contribution is -2.30.